The number of hydrogen-bond donors (Lipinski definition) is 0. The van der Waals surface area contributed by atoms with E-state index in [1.165, 1.54) is 11.8 Å². The molecule has 14 heavy (non-hydrogen) atoms. The van der Waals surface area contributed by atoms with Gasteiger partial charge in [0.1, 0.15) is 4.47 Å². The monoisotopic (exact) mass is 262 g/mol. The SMILES string of the molecule is CCOc1c(Br)c(C(=O)OC)nn1C. The lowest BCUT2D eigenvalue weighted by Gasteiger charge is -2.01. The number of aromatic nitrogens is 2. The largest absolute Gasteiger partial charge is 0.477 e. The van der Waals surface area contributed by atoms with Crippen LogP contribution in [0.2, 0.25) is 0 Å². The molecule has 0 radical (unpaired) electrons. The minimum Gasteiger partial charge on any atom is -0.477 e. The van der Waals surface area contributed by atoms with Gasteiger partial charge in [0.25, 0.3) is 0 Å². The van der Waals surface area contributed by atoms with E-state index in [0.717, 1.165) is 0 Å². The second-order valence-corrected chi connectivity index (χ2v) is 3.31. The number of nitrogens with zero attached hydrogens (tertiary/aromatic N) is 2. The Morgan fingerprint density at radius 3 is 2.79 bits per heavy atom. The van der Waals surface area contributed by atoms with Crippen molar-refractivity contribution in [1.82, 2.24) is 9.78 Å². The first-order valence-corrected chi connectivity index (χ1v) is 4.84. The first kappa shape index (κ1) is 11.0. The fraction of sp³-hybridized carbons (Fsp3) is 0.500. The van der Waals surface area contributed by atoms with Gasteiger partial charge >= 0.3 is 5.97 Å². The Bertz CT molecular complexity index is 349. The van der Waals surface area contributed by atoms with Crippen LogP contribution in [0.1, 0.15) is 17.4 Å². The Morgan fingerprint density at radius 1 is 1.64 bits per heavy atom. The lowest BCUT2D eigenvalue weighted by atomic mass is 10.4. The van der Waals surface area contributed by atoms with Crippen molar-refractivity contribution in [1.29, 1.82) is 0 Å². The van der Waals surface area contributed by atoms with Gasteiger partial charge in [0.05, 0.1) is 13.7 Å². The van der Waals surface area contributed by atoms with Gasteiger partial charge in [-0.1, -0.05) is 0 Å². The molecule has 0 amide bonds. The lowest BCUT2D eigenvalue weighted by Crippen LogP contribution is -2.03. The summed E-state index contributed by atoms with van der Waals surface area (Å²) in [7, 11) is 3.01. The molecule has 1 heterocycles. The summed E-state index contributed by atoms with van der Waals surface area (Å²) in [4.78, 5) is 11.2. The summed E-state index contributed by atoms with van der Waals surface area (Å²) in [6, 6.07) is 0. The van der Waals surface area contributed by atoms with Crippen molar-refractivity contribution in [3.05, 3.63) is 10.2 Å². The van der Waals surface area contributed by atoms with E-state index < -0.39 is 5.97 Å². The zero-order valence-corrected chi connectivity index (χ0v) is 9.79. The van der Waals surface area contributed by atoms with E-state index in [-0.39, 0.29) is 5.69 Å². The van der Waals surface area contributed by atoms with Gasteiger partial charge in [-0.15, -0.1) is 0 Å². The van der Waals surface area contributed by atoms with Crippen molar-refractivity contribution in [2.45, 2.75) is 6.92 Å². The van der Waals surface area contributed by atoms with Crippen molar-refractivity contribution in [2.75, 3.05) is 13.7 Å². The second kappa shape index (κ2) is 4.45. The summed E-state index contributed by atoms with van der Waals surface area (Å²) in [5.41, 5.74) is 0.221. The van der Waals surface area contributed by atoms with Crippen molar-refractivity contribution in [3.63, 3.8) is 0 Å². The minimum atomic E-state index is -0.488. The lowest BCUT2D eigenvalue weighted by molar-refractivity contribution is 0.0592. The Kier molecular flexibility index (Phi) is 3.51. The highest BCUT2D eigenvalue weighted by atomic mass is 79.9. The predicted molar refractivity (Wildman–Crippen MR) is 53.4 cm³/mol. The summed E-state index contributed by atoms with van der Waals surface area (Å²) < 4.78 is 11.9. The fourth-order valence-corrected chi connectivity index (χ4v) is 1.62. The van der Waals surface area contributed by atoms with Crippen LogP contribution < -0.4 is 4.74 Å². The highest BCUT2D eigenvalue weighted by Gasteiger charge is 2.21. The highest BCUT2D eigenvalue weighted by Crippen LogP contribution is 2.28. The first-order chi connectivity index (χ1) is 6.61. The zero-order valence-electron chi connectivity index (χ0n) is 8.20. The van der Waals surface area contributed by atoms with Gasteiger partial charge in [0.2, 0.25) is 5.88 Å². The maximum Gasteiger partial charge on any atom is 0.359 e. The molecule has 0 aromatic carbocycles. The van der Waals surface area contributed by atoms with Gasteiger partial charge in [0, 0.05) is 7.05 Å². The molecule has 0 aliphatic heterocycles. The van der Waals surface area contributed by atoms with Crippen LogP contribution >= 0.6 is 15.9 Å². The molecule has 78 valence electrons. The first-order valence-electron chi connectivity index (χ1n) is 4.05. The van der Waals surface area contributed by atoms with Gasteiger partial charge in [-0.05, 0) is 22.9 Å². The highest BCUT2D eigenvalue weighted by molar-refractivity contribution is 9.10. The molecule has 0 atom stereocenters. The molecule has 1 rings (SSSR count). The smallest absolute Gasteiger partial charge is 0.359 e. The molecular formula is C8H11BrN2O3. The number of aryl methyl sites for hydroxylation is 1. The van der Waals surface area contributed by atoms with Crippen LogP contribution in [0.15, 0.2) is 4.47 Å². The molecule has 0 fully saturated rings. The van der Waals surface area contributed by atoms with Crippen LogP contribution in [0, 0.1) is 0 Å². The van der Waals surface area contributed by atoms with Gasteiger partial charge in [-0.2, -0.15) is 5.10 Å². The summed E-state index contributed by atoms with van der Waals surface area (Å²) >= 11 is 3.24. The van der Waals surface area contributed by atoms with Crippen LogP contribution in [0.5, 0.6) is 5.88 Å². The number of hydrogen-bond acceptors (Lipinski definition) is 4. The molecule has 0 N–H and O–H groups in total. The zero-order chi connectivity index (χ0) is 10.7. The molecule has 5 nitrogen and oxygen atoms in total. The average Bonchev–Trinajstić information content (AvgIpc) is 2.45. The molecule has 1 aromatic rings. The summed E-state index contributed by atoms with van der Waals surface area (Å²) in [6.45, 7) is 2.37. The molecule has 0 saturated carbocycles. The third-order valence-electron chi connectivity index (χ3n) is 1.60. The molecule has 0 unspecified atom stereocenters. The molecule has 1 aromatic heterocycles. The molecule has 0 spiro atoms. The summed E-state index contributed by atoms with van der Waals surface area (Å²) in [5, 5.41) is 3.97. The molecule has 0 aliphatic carbocycles. The maximum absolute atomic E-state index is 11.2. The van der Waals surface area contributed by atoms with E-state index in [0.29, 0.717) is 17.0 Å². The topological polar surface area (TPSA) is 53.4 Å². The number of carbonyl (C=O) groups is 1. The van der Waals surface area contributed by atoms with Gasteiger partial charge in [-0.3, -0.25) is 0 Å². The molecular weight excluding hydrogens is 252 g/mol. The minimum absolute atomic E-state index is 0.221. The van der Waals surface area contributed by atoms with Crippen molar-refractivity contribution in [2.24, 2.45) is 7.05 Å². The van der Waals surface area contributed by atoms with Crippen LogP contribution in [0.25, 0.3) is 0 Å². The molecule has 0 aliphatic rings. The normalized spacial score (nSPS) is 10.0. The molecule has 0 saturated heterocycles. The quantitative estimate of drug-likeness (QED) is 0.773. The van der Waals surface area contributed by atoms with E-state index in [1.807, 2.05) is 6.92 Å². The van der Waals surface area contributed by atoms with Crippen molar-refractivity contribution < 1.29 is 14.3 Å². The van der Waals surface area contributed by atoms with Crippen LogP contribution in [-0.4, -0.2) is 29.5 Å². The van der Waals surface area contributed by atoms with E-state index in [9.17, 15) is 4.79 Å². The maximum atomic E-state index is 11.2. The van der Waals surface area contributed by atoms with Crippen molar-refractivity contribution >= 4 is 21.9 Å². The fourth-order valence-electron chi connectivity index (χ4n) is 1.00. The third-order valence-corrected chi connectivity index (χ3v) is 2.31. The van der Waals surface area contributed by atoms with E-state index >= 15 is 0 Å². The molecule has 0 bridgehead atoms. The number of carbonyl (C=O) groups excluding carboxylic acids is 1. The van der Waals surface area contributed by atoms with E-state index in [2.05, 4.69) is 25.8 Å². The number of ether oxygens (including phenoxy) is 2. The van der Waals surface area contributed by atoms with Gasteiger partial charge in [0.15, 0.2) is 5.69 Å². The van der Waals surface area contributed by atoms with Gasteiger partial charge < -0.3 is 9.47 Å². The van der Waals surface area contributed by atoms with Crippen LogP contribution in [-0.2, 0) is 11.8 Å². The van der Waals surface area contributed by atoms with Crippen LogP contribution in [0.3, 0.4) is 0 Å². The number of halogens is 1. The molecule has 6 heteroatoms. The van der Waals surface area contributed by atoms with E-state index in [4.69, 9.17) is 4.74 Å². The number of esters is 1. The number of methoxy groups -OCH3 is 1. The second-order valence-electron chi connectivity index (χ2n) is 2.52. The summed E-state index contributed by atoms with van der Waals surface area (Å²) in [6.07, 6.45) is 0. The number of rotatable bonds is 3. The Morgan fingerprint density at radius 2 is 2.29 bits per heavy atom. The average molecular weight is 263 g/mol. The third kappa shape index (κ3) is 1.89. The standard InChI is InChI=1S/C8H11BrN2O3/c1-4-14-7-5(9)6(8(12)13-3)10-11(7)2/h4H2,1-3H3. The summed E-state index contributed by atoms with van der Waals surface area (Å²) in [5.74, 6) is 0.0336. The van der Waals surface area contributed by atoms with Gasteiger partial charge in [-0.25, -0.2) is 9.48 Å². The van der Waals surface area contributed by atoms with E-state index in [1.54, 1.807) is 7.05 Å². The Balaban J connectivity index is 3.10. The Labute approximate surface area is 90.1 Å². The Hall–Kier alpha value is -1.04. The predicted octanol–water partition coefficient (Wildman–Crippen LogP) is 1.37. The van der Waals surface area contributed by atoms with Crippen molar-refractivity contribution in [3.8, 4) is 5.88 Å². The van der Waals surface area contributed by atoms with Crippen LogP contribution in [0.4, 0.5) is 0 Å².